The standard InChI is InChI=1S/C13H21F2NO2/c1-3-4-5-9(2)11(17)7-6-10-8-13(14,15)12(18)16-10/h6-7,9-11,17H,3-5,8H2,1-2H3,(H,16,18)/b7-6+/t9?,10-,11?/m0/s1. The number of rotatable bonds is 6. The van der Waals surface area contributed by atoms with E-state index in [2.05, 4.69) is 12.2 Å². The molecule has 0 spiro atoms. The van der Waals surface area contributed by atoms with Gasteiger partial charge in [0.25, 0.3) is 5.91 Å². The Balaban J connectivity index is 2.43. The fraction of sp³-hybridized carbons (Fsp3) is 0.769. The number of hydrogen-bond acceptors (Lipinski definition) is 2. The van der Waals surface area contributed by atoms with Crippen LogP contribution in [0.25, 0.3) is 0 Å². The van der Waals surface area contributed by atoms with E-state index in [9.17, 15) is 18.7 Å². The highest BCUT2D eigenvalue weighted by molar-refractivity contribution is 5.86. The molecule has 1 saturated heterocycles. The van der Waals surface area contributed by atoms with E-state index in [0.29, 0.717) is 0 Å². The molecule has 0 aromatic rings. The number of aliphatic hydroxyl groups is 1. The molecule has 3 atom stereocenters. The second kappa shape index (κ2) is 6.27. The summed E-state index contributed by atoms with van der Waals surface area (Å²) in [6.45, 7) is 4.00. The summed E-state index contributed by atoms with van der Waals surface area (Å²) >= 11 is 0. The first-order chi connectivity index (χ1) is 8.36. The molecule has 0 bridgehead atoms. The Kier molecular flexibility index (Phi) is 5.26. The van der Waals surface area contributed by atoms with Crippen LogP contribution in [0.15, 0.2) is 12.2 Å². The first-order valence-corrected chi connectivity index (χ1v) is 6.42. The largest absolute Gasteiger partial charge is 0.389 e. The van der Waals surface area contributed by atoms with Gasteiger partial charge in [-0.1, -0.05) is 38.8 Å². The van der Waals surface area contributed by atoms with Crippen molar-refractivity contribution in [1.82, 2.24) is 5.32 Å². The molecule has 1 heterocycles. The summed E-state index contributed by atoms with van der Waals surface area (Å²) in [5, 5.41) is 12.0. The lowest BCUT2D eigenvalue weighted by Crippen LogP contribution is -2.30. The number of hydrogen-bond donors (Lipinski definition) is 2. The zero-order valence-electron chi connectivity index (χ0n) is 10.8. The average Bonchev–Trinajstić information content (AvgIpc) is 2.57. The van der Waals surface area contributed by atoms with Crippen LogP contribution >= 0.6 is 0 Å². The Hall–Kier alpha value is -0.970. The molecule has 18 heavy (non-hydrogen) atoms. The van der Waals surface area contributed by atoms with E-state index in [1.165, 1.54) is 12.2 Å². The van der Waals surface area contributed by atoms with Crippen LogP contribution in [0.2, 0.25) is 0 Å². The first kappa shape index (κ1) is 15.1. The van der Waals surface area contributed by atoms with Crippen molar-refractivity contribution < 1.29 is 18.7 Å². The molecule has 0 saturated carbocycles. The van der Waals surface area contributed by atoms with Gasteiger partial charge in [-0.3, -0.25) is 4.79 Å². The predicted molar refractivity (Wildman–Crippen MR) is 65.3 cm³/mol. The molecule has 104 valence electrons. The van der Waals surface area contributed by atoms with Gasteiger partial charge in [0.1, 0.15) is 0 Å². The molecule has 5 heteroatoms. The molecule has 1 amide bonds. The molecule has 2 unspecified atom stereocenters. The van der Waals surface area contributed by atoms with Crippen molar-refractivity contribution in [2.24, 2.45) is 5.92 Å². The minimum atomic E-state index is -3.28. The Morgan fingerprint density at radius 1 is 1.61 bits per heavy atom. The second-order valence-corrected chi connectivity index (χ2v) is 4.98. The molecular formula is C13H21F2NO2. The number of alkyl halides is 2. The van der Waals surface area contributed by atoms with Crippen molar-refractivity contribution in [3.63, 3.8) is 0 Å². The number of nitrogens with one attached hydrogen (secondary N) is 1. The van der Waals surface area contributed by atoms with E-state index < -0.39 is 30.4 Å². The summed E-state index contributed by atoms with van der Waals surface area (Å²) in [4.78, 5) is 10.9. The normalized spacial score (nSPS) is 26.3. The summed E-state index contributed by atoms with van der Waals surface area (Å²) in [7, 11) is 0. The van der Waals surface area contributed by atoms with Crippen molar-refractivity contribution in [3.8, 4) is 0 Å². The van der Waals surface area contributed by atoms with Gasteiger partial charge in [0.15, 0.2) is 0 Å². The summed E-state index contributed by atoms with van der Waals surface area (Å²) in [5.74, 6) is -4.42. The van der Waals surface area contributed by atoms with Gasteiger partial charge in [-0.2, -0.15) is 8.78 Å². The van der Waals surface area contributed by atoms with Crippen molar-refractivity contribution in [3.05, 3.63) is 12.2 Å². The molecule has 1 fully saturated rings. The van der Waals surface area contributed by atoms with Gasteiger partial charge in [-0.05, 0) is 12.3 Å². The van der Waals surface area contributed by atoms with Gasteiger partial charge in [0, 0.05) is 6.42 Å². The van der Waals surface area contributed by atoms with Crippen LogP contribution in [0.5, 0.6) is 0 Å². The Morgan fingerprint density at radius 3 is 2.78 bits per heavy atom. The van der Waals surface area contributed by atoms with Crippen molar-refractivity contribution in [1.29, 1.82) is 0 Å². The maximum atomic E-state index is 12.9. The first-order valence-electron chi connectivity index (χ1n) is 6.42. The van der Waals surface area contributed by atoms with Crippen LogP contribution in [0.1, 0.15) is 39.5 Å². The van der Waals surface area contributed by atoms with Crippen LogP contribution in [-0.4, -0.2) is 29.1 Å². The average molecular weight is 261 g/mol. The predicted octanol–water partition coefficient (Wildman–Crippen LogP) is 2.25. The van der Waals surface area contributed by atoms with Crippen LogP contribution in [0.3, 0.4) is 0 Å². The van der Waals surface area contributed by atoms with Crippen LogP contribution in [0.4, 0.5) is 8.78 Å². The number of halogens is 2. The highest BCUT2D eigenvalue weighted by atomic mass is 19.3. The van der Waals surface area contributed by atoms with E-state index in [0.717, 1.165) is 19.3 Å². The van der Waals surface area contributed by atoms with E-state index in [4.69, 9.17) is 0 Å². The highest BCUT2D eigenvalue weighted by Crippen LogP contribution is 2.27. The molecule has 2 N–H and O–H groups in total. The molecule has 1 rings (SSSR count). The van der Waals surface area contributed by atoms with E-state index in [-0.39, 0.29) is 5.92 Å². The molecule has 1 aliphatic rings. The fourth-order valence-corrected chi connectivity index (χ4v) is 1.94. The van der Waals surface area contributed by atoms with Crippen molar-refractivity contribution in [2.45, 2.75) is 57.6 Å². The van der Waals surface area contributed by atoms with E-state index >= 15 is 0 Å². The quantitative estimate of drug-likeness (QED) is 0.720. The lowest BCUT2D eigenvalue weighted by atomic mass is 9.97. The van der Waals surface area contributed by atoms with E-state index in [1.807, 2.05) is 6.92 Å². The number of carbonyl (C=O) groups excluding carboxylic acids is 1. The molecule has 0 aromatic heterocycles. The smallest absolute Gasteiger partial charge is 0.326 e. The van der Waals surface area contributed by atoms with Crippen LogP contribution in [-0.2, 0) is 4.79 Å². The zero-order chi connectivity index (χ0) is 13.8. The lowest BCUT2D eigenvalue weighted by molar-refractivity contribution is -0.139. The number of amides is 1. The highest BCUT2D eigenvalue weighted by Gasteiger charge is 2.47. The third kappa shape index (κ3) is 4.05. The van der Waals surface area contributed by atoms with Crippen LogP contribution in [0, 0.1) is 5.92 Å². The summed E-state index contributed by atoms with van der Waals surface area (Å²) in [5.41, 5.74) is 0. The third-order valence-electron chi connectivity index (χ3n) is 3.26. The molecule has 3 nitrogen and oxygen atoms in total. The molecule has 0 aromatic carbocycles. The molecule has 0 aliphatic carbocycles. The van der Waals surface area contributed by atoms with Gasteiger partial charge in [-0.25, -0.2) is 0 Å². The molecule has 0 radical (unpaired) electrons. The minimum absolute atomic E-state index is 0.0961. The van der Waals surface area contributed by atoms with Gasteiger partial charge < -0.3 is 10.4 Å². The maximum absolute atomic E-state index is 12.9. The van der Waals surface area contributed by atoms with Gasteiger partial charge in [-0.15, -0.1) is 0 Å². The SMILES string of the molecule is CCCCC(C)C(O)/C=C/[C@H]1CC(F)(F)C(=O)N1. The Bertz CT molecular complexity index is 318. The fourth-order valence-electron chi connectivity index (χ4n) is 1.94. The van der Waals surface area contributed by atoms with Gasteiger partial charge in [0.2, 0.25) is 0 Å². The Morgan fingerprint density at radius 2 is 2.28 bits per heavy atom. The monoisotopic (exact) mass is 261 g/mol. The minimum Gasteiger partial charge on any atom is -0.389 e. The number of unbranched alkanes of at least 4 members (excludes halogenated alkanes) is 1. The zero-order valence-corrected chi connectivity index (χ0v) is 10.8. The van der Waals surface area contributed by atoms with Gasteiger partial charge >= 0.3 is 5.92 Å². The van der Waals surface area contributed by atoms with Crippen molar-refractivity contribution in [2.75, 3.05) is 0 Å². The topological polar surface area (TPSA) is 49.3 Å². The number of carbonyl (C=O) groups is 1. The van der Waals surface area contributed by atoms with Gasteiger partial charge in [0.05, 0.1) is 12.1 Å². The Labute approximate surface area is 106 Å². The van der Waals surface area contributed by atoms with E-state index in [1.54, 1.807) is 0 Å². The summed E-state index contributed by atoms with van der Waals surface area (Å²) in [6.07, 6.45) is 4.78. The third-order valence-corrected chi connectivity index (χ3v) is 3.26. The maximum Gasteiger partial charge on any atom is 0.326 e. The number of aliphatic hydroxyl groups excluding tert-OH is 1. The molecule has 1 aliphatic heterocycles. The van der Waals surface area contributed by atoms with Crippen molar-refractivity contribution >= 4 is 5.91 Å². The lowest BCUT2D eigenvalue weighted by Gasteiger charge is -2.15. The summed E-state index contributed by atoms with van der Waals surface area (Å²) < 4.78 is 25.9. The molecular weight excluding hydrogens is 240 g/mol. The van der Waals surface area contributed by atoms with Crippen LogP contribution < -0.4 is 5.32 Å². The second-order valence-electron chi connectivity index (χ2n) is 4.98. The summed E-state index contributed by atoms with van der Waals surface area (Å²) in [6, 6.07) is -0.680.